The minimum Gasteiger partial charge on any atom is -0.309 e. The third-order valence-corrected chi connectivity index (χ3v) is 9.55. The van der Waals surface area contributed by atoms with Gasteiger partial charge in [-0.1, -0.05) is 24.3 Å². The average Bonchev–Trinajstić information content (AvgIpc) is 3.25. The fourth-order valence-electron chi connectivity index (χ4n) is 4.74. The molecule has 0 radical (unpaired) electrons. The number of aryl methyl sites for hydroxylation is 2. The number of sulfonamides is 1. The fraction of sp³-hybridized carbons (Fsp3) is 0.481. The second-order valence-electron chi connectivity index (χ2n) is 10.2. The van der Waals surface area contributed by atoms with Crippen LogP contribution in [0, 0.1) is 19.8 Å². The number of carbonyl (C=O) groups is 1. The van der Waals surface area contributed by atoms with Crippen molar-refractivity contribution in [2.45, 2.75) is 44.9 Å². The van der Waals surface area contributed by atoms with Gasteiger partial charge in [-0.2, -0.15) is 4.31 Å². The molecule has 0 saturated carbocycles. The van der Waals surface area contributed by atoms with E-state index in [1.165, 1.54) is 16.9 Å². The maximum absolute atomic E-state index is 13.7. The Balaban J connectivity index is 0.00000380. The minimum absolute atomic E-state index is 0. The van der Waals surface area contributed by atoms with Gasteiger partial charge >= 0.3 is 0 Å². The molecule has 0 aliphatic carbocycles. The maximum Gasteiger partial charge on any atom is 0.260 e. The average molecular weight is 565 g/mol. The third kappa shape index (κ3) is 6.70. The Labute approximate surface area is 230 Å². The second kappa shape index (κ2) is 12.2. The fourth-order valence-corrected chi connectivity index (χ4v) is 7.51. The summed E-state index contributed by atoms with van der Waals surface area (Å²) in [6, 6.07) is 10.6. The van der Waals surface area contributed by atoms with E-state index in [1.54, 1.807) is 33.5 Å². The van der Waals surface area contributed by atoms with Gasteiger partial charge in [-0.25, -0.2) is 13.4 Å². The molecule has 7 nitrogen and oxygen atoms in total. The van der Waals surface area contributed by atoms with Crippen LogP contribution in [0.2, 0.25) is 0 Å². The van der Waals surface area contributed by atoms with Crippen molar-refractivity contribution < 1.29 is 13.2 Å². The summed E-state index contributed by atoms with van der Waals surface area (Å²) in [6.45, 7) is 8.64. The van der Waals surface area contributed by atoms with E-state index in [9.17, 15) is 13.2 Å². The molecule has 1 aromatic heterocycles. The van der Waals surface area contributed by atoms with Crippen LogP contribution in [0.15, 0.2) is 41.3 Å². The Morgan fingerprint density at radius 2 is 1.84 bits per heavy atom. The molecule has 2 heterocycles. The Morgan fingerprint density at radius 1 is 1.14 bits per heavy atom. The van der Waals surface area contributed by atoms with E-state index in [0.717, 1.165) is 41.6 Å². The van der Waals surface area contributed by atoms with Crippen LogP contribution in [0.25, 0.3) is 10.2 Å². The second-order valence-corrected chi connectivity index (χ2v) is 13.1. The van der Waals surface area contributed by atoms with Gasteiger partial charge in [0, 0.05) is 25.2 Å². The van der Waals surface area contributed by atoms with E-state index in [4.69, 9.17) is 4.98 Å². The van der Waals surface area contributed by atoms with Crippen molar-refractivity contribution in [3.8, 4) is 0 Å². The summed E-state index contributed by atoms with van der Waals surface area (Å²) in [5.41, 5.74) is 3.64. The molecule has 0 spiro atoms. The molecule has 3 aromatic rings. The van der Waals surface area contributed by atoms with Crippen LogP contribution in [0.1, 0.15) is 47.7 Å². The molecule has 1 fully saturated rings. The number of rotatable bonds is 8. The number of carbonyl (C=O) groups excluding carboxylic acids is 1. The molecule has 1 aliphatic rings. The van der Waals surface area contributed by atoms with Gasteiger partial charge in [0.15, 0.2) is 5.13 Å². The lowest BCUT2D eigenvalue weighted by atomic mass is 10.0. The van der Waals surface area contributed by atoms with Gasteiger partial charge in [-0.05, 0) is 101 Å². The summed E-state index contributed by atoms with van der Waals surface area (Å²) < 4.78 is 28.9. The van der Waals surface area contributed by atoms with Gasteiger partial charge < -0.3 is 4.90 Å². The Kier molecular flexibility index (Phi) is 9.74. The van der Waals surface area contributed by atoms with Crippen molar-refractivity contribution in [2.75, 3.05) is 45.2 Å². The largest absolute Gasteiger partial charge is 0.309 e. The van der Waals surface area contributed by atoms with Crippen LogP contribution in [0.4, 0.5) is 5.13 Å². The zero-order valence-electron chi connectivity index (χ0n) is 22.2. The van der Waals surface area contributed by atoms with Gasteiger partial charge in [-0.3, -0.25) is 9.69 Å². The van der Waals surface area contributed by atoms with Gasteiger partial charge in [0.1, 0.15) is 0 Å². The molecule has 1 unspecified atom stereocenters. The number of nitrogens with zero attached hydrogens (tertiary/aromatic N) is 4. The van der Waals surface area contributed by atoms with E-state index in [2.05, 4.69) is 30.9 Å². The van der Waals surface area contributed by atoms with E-state index in [0.29, 0.717) is 36.2 Å². The predicted octanol–water partition coefficient (Wildman–Crippen LogP) is 5.35. The third-order valence-electron chi connectivity index (χ3n) is 6.64. The Hall–Kier alpha value is -2.04. The van der Waals surface area contributed by atoms with E-state index < -0.39 is 10.0 Å². The summed E-state index contributed by atoms with van der Waals surface area (Å²) in [7, 11) is 0.457. The van der Waals surface area contributed by atoms with Crippen molar-refractivity contribution in [2.24, 2.45) is 5.92 Å². The molecule has 10 heteroatoms. The predicted molar refractivity (Wildman–Crippen MR) is 155 cm³/mol. The highest BCUT2D eigenvalue weighted by Gasteiger charge is 2.29. The standard InChI is InChI=1S/C27H36N4O3S2.ClH/c1-19-8-6-14-30(18-19)36(33,34)23-11-9-22(10-12-23)26(32)31(15-7-13-29(4)5)27-28-25-21(3)16-20(2)17-24(25)35-27;/h9-12,16-17,19H,6-8,13-15,18H2,1-5H3;1H. The summed E-state index contributed by atoms with van der Waals surface area (Å²) in [5, 5.41) is 0.668. The molecular weight excluding hydrogens is 528 g/mol. The first-order valence-corrected chi connectivity index (χ1v) is 14.8. The van der Waals surface area contributed by atoms with Crippen LogP contribution < -0.4 is 4.90 Å². The summed E-state index contributed by atoms with van der Waals surface area (Å²) in [4.78, 5) is 22.6. The number of anilines is 1. The lowest BCUT2D eigenvalue weighted by Gasteiger charge is -2.30. The molecule has 1 amide bonds. The summed E-state index contributed by atoms with van der Waals surface area (Å²) in [6.07, 6.45) is 2.72. The molecule has 2 aromatic carbocycles. The minimum atomic E-state index is -3.57. The first-order valence-electron chi connectivity index (χ1n) is 12.5. The monoisotopic (exact) mass is 564 g/mol. The molecule has 1 aliphatic heterocycles. The Bertz CT molecular complexity index is 1340. The molecular formula is C27H37ClN4O3S2. The molecule has 4 rings (SSSR count). The molecule has 1 saturated heterocycles. The maximum atomic E-state index is 13.7. The van der Waals surface area contributed by atoms with Crippen LogP contribution in [-0.2, 0) is 10.0 Å². The number of benzene rings is 2. The Morgan fingerprint density at radius 3 is 2.49 bits per heavy atom. The van der Waals surface area contributed by atoms with Gasteiger partial charge in [0.05, 0.1) is 15.1 Å². The van der Waals surface area contributed by atoms with Crippen LogP contribution in [-0.4, -0.2) is 68.8 Å². The van der Waals surface area contributed by atoms with Crippen molar-refractivity contribution in [1.29, 1.82) is 0 Å². The van der Waals surface area contributed by atoms with Gasteiger partial charge in [0.2, 0.25) is 10.0 Å². The molecule has 0 bridgehead atoms. The first kappa shape index (κ1) is 29.5. The number of aromatic nitrogens is 1. The molecule has 0 N–H and O–H groups in total. The van der Waals surface area contributed by atoms with E-state index in [-0.39, 0.29) is 23.2 Å². The van der Waals surface area contributed by atoms with Gasteiger partial charge in [-0.15, -0.1) is 12.4 Å². The number of halogens is 1. The van der Waals surface area contributed by atoms with Crippen molar-refractivity contribution in [3.63, 3.8) is 0 Å². The lowest BCUT2D eigenvalue weighted by Crippen LogP contribution is -2.39. The van der Waals surface area contributed by atoms with Crippen LogP contribution >= 0.6 is 23.7 Å². The lowest BCUT2D eigenvalue weighted by molar-refractivity contribution is 0.0986. The summed E-state index contributed by atoms with van der Waals surface area (Å²) in [5.74, 6) is 0.184. The van der Waals surface area contributed by atoms with Crippen LogP contribution in [0.3, 0.4) is 0 Å². The zero-order valence-corrected chi connectivity index (χ0v) is 24.7. The van der Waals surface area contributed by atoms with Gasteiger partial charge in [0.25, 0.3) is 5.91 Å². The number of fused-ring (bicyclic) bond motifs is 1. The van der Waals surface area contributed by atoms with Crippen LogP contribution in [0.5, 0.6) is 0 Å². The highest BCUT2D eigenvalue weighted by molar-refractivity contribution is 7.89. The van der Waals surface area contributed by atoms with Crippen molar-refractivity contribution in [1.82, 2.24) is 14.2 Å². The quantitative estimate of drug-likeness (QED) is 0.368. The highest BCUT2D eigenvalue weighted by Crippen LogP contribution is 2.33. The first-order chi connectivity index (χ1) is 17.1. The normalized spacial score (nSPS) is 16.6. The molecule has 202 valence electrons. The van der Waals surface area contributed by atoms with Crippen molar-refractivity contribution >= 4 is 55.0 Å². The number of piperidine rings is 1. The van der Waals surface area contributed by atoms with Crippen molar-refractivity contribution in [3.05, 3.63) is 53.1 Å². The molecule has 1 atom stereocenters. The number of amides is 1. The SMILES string of the molecule is Cc1cc(C)c2nc(N(CCCN(C)C)C(=O)c3ccc(S(=O)(=O)N4CCCC(C)C4)cc3)sc2c1.Cl. The highest BCUT2D eigenvalue weighted by atomic mass is 35.5. The molecule has 37 heavy (non-hydrogen) atoms. The number of hydrogen-bond acceptors (Lipinski definition) is 6. The number of hydrogen-bond donors (Lipinski definition) is 0. The summed E-state index contributed by atoms with van der Waals surface area (Å²) >= 11 is 1.52. The number of thiazole rings is 1. The smallest absolute Gasteiger partial charge is 0.260 e. The van der Waals surface area contributed by atoms with E-state index >= 15 is 0 Å². The zero-order chi connectivity index (χ0) is 26.0. The topological polar surface area (TPSA) is 73.8 Å². The van der Waals surface area contributed by atoms with E-state index in [1.807, 2.05) is 21.0 Å².